The number of carbonyl (C=O) groups is 1. The van der Waals surface area contributed by atoms with Crippen LogP contribution < -0.4 is 10.6 Å². The zero-order valence-electron chi connectivity index (χ0n) is 14.2. The highest BCUT2D eigenvalue weighted by Gasteiger charge is 2.27. The molecule has 2 unspecified atom stereocenters. The van der Waals surface area contributed by atoms with Crippen LogP contribution in [0.2, 0.25) is 0 Å². The van der Waals surface area contributed by atoms with Crippen LogP contribution in [-0.2, 0) is 4.79 Å². The van der Waals surface area contributed by atoms with Crippen molar-refractivity contribution in [2.45, 2.75) is 44.2 Å². The lowest BCUT2D eigenvalue weighted by molar-refractivity contribution is -0.117. The summed E-state index contributed by atoms with van der Waals surface area (Å²) in [5.74, 6) is -3.79. The Morgan fingerprint density at radius 2 is 1.36 bits per heavy atom. The van der Waals surface area contributed by atoms with Gasteiger partial charge in [-0.1, -0.05) is 0 Å². The fraction of sp³-hybridized carbons (Fsp3) is 0.600. The Morgan fingerprint density at radius 3 is 1.79 bits per heavy atom. The van der Waals surface area contributed by atoms with Crippen molar-refractivity contribution in [3.8, 4) is 0 Å². The fourth-order valence-corrected chi connectivity index (χ4v) is 2.33. The van der Waals surface area contributed by atoms with E-state index in [-0.39, 0.29) is 24.8 Å². The maximum absolute atomic E-state index is 14.1. The minimum atomic E-state index is -3.16. The van der Waals surface area contributed by atoms with Gasteiger partial charge in [-0.2, -0.15) is 15.0 Å². The van der Waals surface area contributed by atoms with E-state index in [1.54, 1.807) is 0 Å². The zero-order valence-corrected chi connectivity index (χ0v) is 14.2. The molecule has 6 nitrogen and oxygen atoms in total. The van der Waals surface area contributed by atoms with Crippen LogP contribution >= 0.6 is 0 Å². The summed E-state index contributed by atoms with van der Waals surface area (Å²) in [6, 6.07) is -4.05. The molecule has 0 radical (unpaired) electrons. The number of hydrogen-bond donors (Lipinski definition) is 2. The van der Waals surface area contributed by atoms with Crippen LogP contribution in [0, 0.1) is 0 Å². The number of aromatic nitrogens is 3. The molecule has 0 fully saturated rings. The first kappa shape index (κ1) is 21.8. The van der Waals surface area contributed by atoms with Crippen LogP contribution in [-0.4, -0.2) is 59.0 Å². The normalized spacial score (nSPS) is 17.2. The molecule has 13 heteroatoms. The Hall–Kier alpha value is -2.47. The molecule has 0 spiro atoms. The number of ketones is 1. The standard InChI is InChI=1S/C15H16F7N5O/c16-4-7(11(19)20)23-14-25-13(6-2-1-3-9(28)10(6)18)26-15(27-14)24-8(5-17)12(21)22/h7-8,11-12H,1-5H2,(H2,23,24,25,26,27). The molecule has 0 amide bonds. The van der Waals surface area contributed by atoms with E-state index < -0.39 is 67.6 Å². The summed E-state index contributed by atoms with van der Waals surface area (Å²) in [6.45, 7) is -3.03. The molecule has 1 heterocycles. The zero-order chi connectivity index (χ0) is 20.8. The molecule has 1 aromatic rings. The second-order valence-electron chi connectivity index (χ2n) is 5.85. The Morgan fingerprint density at radius 1 is 0.857 bits per heavy atom. The summed E-state index contributed by atoms with van der Waals surface area (Å²) in [4.78, 5) is 22.5. The molecule has 2 atom stereocenters. The van der Waals surface area contributed by atoms with E-state index in [2.05, 4.69) is 15.0 Å². The number of hydrogen-bond acceptors (Lipinski definition) is 6. The maximum atomic E-state index is 14.1. The van der Waals surface area contributed by atoms with Gasteiger partial charge in [-0.15, -0.1) is 0 Å². The molecule has 0 aromatic carbocycles. The summed E-state index contributed by atoms with van der Waals surface area (Å²) in [6.07, 6.45) is -6.10. The molecule has 0 bridgehead atoms. The highest BCUT2D eigenvalue weighted by atomic mass is 19.3. The van der Waals surface area contributed by atoms with Crippen molar-refractivity contribution >= 4 is 23.3 Å². The number of halogens is 7. The van der Waals surface area contributed by atoms with Crippen molar-refractivity contribution in [2.24, 2.45) is 0 Å². The number of allylic oxidation sites excluding steroid dienone is 2. The number of alkyl halides is 6. The van der Waals surface area contributed by atoms with Gasteiger partial charge in [0.15, 0.2) is 17.4 Å². The molecular formula is C15H16F7N5O. The smallest absolute Gasteiger partial charge is 0.261 e. The highest BCUT2D eigenvalue weighted by Crippen LogP contribution is 2.30. The monoisotopic (exact) mass is 415 g/mol. The number of rotatable bonds is 9. The van der Waals surface area contributed by atoms with Gasteiger partial charge in [0, 0.05) is 12.0 Å². The van der Waals surface area contributed by atoms with Crippen molar-refractivity contribution in [1.82, 2.24) is 15.0 Å². The first-order chi connectivity index (χ1) is 13.3. The predicted octanol–water partition coefficient (Wildman–Crippen LogP) is 3.34. The molecule has 1 aliphatic carbocycles. The number of carbonyl (C=O) groups excluding carboxylic acids is 1. The maximum Gasteiger partial charge on any atom is 0.261 e. The predicted molar refractivity (Wildman–Crippen MR) is 85.5 cm³/mol. The van der Waals surface area contributed by atoms with Crippen LogP contribution in [0.1, 0.15) is 25.1 Å². The summed E-state index contributed by atoms with van der Waals surface area (Å²) >= 11 is 0. The molecule has 0 saturated carbocycles. The summed E-state index contributed by atoms with van der Waals surface area (Å²) in [5, 5.41) is 3.91. The van der Waals surface area contributed by atoms with Crippen LogP contribution in [0.4, 0.5) is 42.6 Å². The Labute approximate surface area is 154 Å². The molecule has 156 valence electrons. The minimum absolute atomic E-state index is 0.0171. The van der Waals surface area contributed by atoms with E-state index in [4.69, 9.17) is 0 Å². The van der Waals surface area contributed by atoms with Gasteiger partial charge in [0.25, 0.3) is 12.9 Å². The van der Waals surface area contributed by atoms with E-state index in [0.717, 1.165) is 0 Å². The van der Waals surface area contributed by atoms with E-state index in [9.17, 15) is 35.5 Å². The number of nitrogens with one attached hydrogen (secondary N) is 2. The highest BCUT2D eigenvalue weighted by molar-refractivity contribution is 6.01. The Balaban J connectivity index is 2.46. The van der Waals surface area contributed by atoms with E-state index in [1.807, 2.05) is 10.6 Å². The molecule has 28 heavy (non-hydrogen) atoms. The molecular weight excluding hydrogens is 399 g/mol. The minimum Gasteiger partial charge on any atom is -0.343 e. The largest absolute Gasteiger partial charge is 0.343 e. The molecule has 1 aromatic heterocycles. The van der Waals surface area contributed by atoms with Gasteiger partial charge in [0.05, 0.1) is 0 Å². The third-order valence-corrected chi connectivity index (χ3v) is 3.82. The van der Waals surface area contributed by atoms with Crippen LogP contribution in [0.3, 0.4) is 0 Å². The SMILES string of the molecule is O=C1CCCC(c2nc(NC(CF)C(F)F)nc(NC(CF)C(F)F)n2)=C1F. The molecule has 2 rings (SSSR count). The first-order valence-electron chi connectivity index (χ1n) is 8.16. The average molecular weight is 415 g/mol. The van der Waals surface area contributed by atoms with Crippen LogP contribution in [0.5, 0.6) is 0 Å². The van der Waals surface area contributed by atoms with Crippen molar-refractivity contribution < 1.29 is 35.5 Å². The second-order valence-corrected chi connectivity index (χ2v) is 5.85. The lowest BCUT2D eigenvalue weighted by Gasteiger charge is -2.19. The molecule has 2 N–H and O–H groups in total. The van der Waals surface area contributed by atoms with E-state index >= 15 is 0 Å². The quantitative estimate of drug-likeness (QED) is 0.603. The Kier molecular flexibility index (Phi) is 7.52. The summed E-state index contributed by atoms with van der Waals surface area (Å²) in [7, 11) is 0. The van der Waals surface area contributed by atoms with Gasteiger partial charge in [-0.3, -0.25) is 4.79 Å². The lowest BCUT2D eigenvalue weighted by atomic mass is 9.97. The van der Waals surface area contributed by atoms with Crippen molar-refractivity contribution in [3.63, 3.8) is 0 Å². The van der Waals surface area contributed by atoms with Gasteiger partial charge in [0.2, 0.25) is 11.9 Å². The van der Waals surface area contributed by atoms with Crippen molar-refractivity contribution in [1.29, 1.82) is 0 Å². The van der Waals surface area contributed by atoms with Crippen LogP contribution in [0.25, 0.3) is 5.57 Å². The number of anilines is 2. The van der Waals surface area contributed by atoms with Gasteiger partial charge >= 0.3 is 0 Å². The fourth-order valence-electron chi connectivity index (χ4n) is 2.33. The number of nitrogens with zero attached hydrogens (tertiary/aromatic N) is 3. The topological polar surface area (TPSA) is 79.8 Å². The number of Topliss-reactive ketones (excluding diaryl/α,β-unsaturated/α-hetero) is 1. The van der Waals surface area contributed by atoms with Crippen LogP contribution in [0.15, 0.2) is 5.83 Å². The van der Waals surface area contributed by atoms with Crippen molar-refractivity contribution in [3.05, 3.63) is 11.7 Å². The summed E-state index contributed by atoms with van der Waals surface area (Å²) in [5.41, 5.74) is -0.271. The van der Waals surface area contributed by atoms with E-state index in [0.29, 0.717) is 0 Å². The average Bonchev–Trinajstić information content (AvgIpc) is 2.65. The third kappa shape index (κ3) is 5.29. The molecule has 0 saturated heterocycles. The molecule has 1 aliphatic rings. The van der Waals surface area contributed by atoms with Gasteiger partial charge in [-0.05, 0) is 12.8 Å². The first-order valence-corrected chi connectivity index (χ1v) is 8.16. The second kappa shape index (κ2) is 9.64. The lowest BCUT2D eigenvalue weighted by Crippen LogP contribution is -2.33. The summed E-state index contributed by atoms with van der Waals surface area (Å²) < 4.78 is 90.7. The van der Waals surface area contributed by atoms with Gasteiger partial charge in [-0.25, -0.2) is 30.7 Å². The van der Waals surface area contributed by atoms with E-state index in [1.165, 1.54) is 0 Å². The molecule has 0 aliphatic heterocycles. The third-order valence-electron chi connectivity index (χ3n) is 3.82. The van der Waals surface area contributed by atoms with Gasteiger partial charge < -0.3 is 10.6 Å². The van der Waals surface area contributed by atoms with Gasteiger partial charge in [0.1, 0.15) is 25.4 Å². The Bertz CT molecular complexity index is 694. The van der Waals surface area contributed by atoms with Crippen molar-refractivity contribution in [2.75, 3.05) is 24.0 Å².